The molecule has 6 heteroatoms. The number of hydrogen-bond donors (Lipinski definition) is 1. The predicted molar refractivity (Wildman–Crippen MR) is 134 cm³/mol. The van der Waals surface area contributed by atoms with Crippen molar-refractivity contribution in [3.8, 4) is 11.5 Å². The number of hydrogen-bond acceptors (Lipinski definition) is 5. The number of benzene rings is 3. The monoisotopic (exact) mass is 456 g/mol. The molecule has 0 unspecified atom stereocenters. The summed E-state index contributed by atoms with van der Waals surface area (Å²) >= 11 is 0. The van der Waals surface area contributed by atoms with Crippen LogP contribution in [0.3, 0.4) is 0 Å². The molecule has 1 N–H and O–H groups in total. The van der Waals surface area contributed by atoms with E-state index in [2.05, 4.69) is 19.2 Å². The average Bonchev–Trinajstić information content (AvgIpc) is 3.09. The van der Waals surface area contributed by atoms with Crippen molar-refractivity contribution in [1.82, 2.24) is 0 Å². The summed E-state index contributed by atoms with van der Waals surface area (Å²) in [4.78, 5) is 28.7. The number of anilines is 2. The van der Waals surface area contributed by atoms with Crippen molar-refractivity contribution in [2.75, 3.05) is 23.9 Å². The normalized spacial score (nSPS) is 13.6. The van der Waals surface area contributed by atoms with Crippen LogP contribution in [0.4, 0.5) is 11.4 Å². The molecule has 0 aromatic heterocycles. The molecule has 0 radical (unpaired) electrons. The minimum Gasteiger partial charge on any atom is -0.496 e. The standard InChI is InChI=1S/C28H28N2O4/c1-5-34-24-13-9-7-11-22(24)30-27(31)25(21-10-6-8-12-23(21)33-4)26(28(30)32)29-20-16-14-19(15-17-20)18(2)3/h6-18,29H,5H2,1-4H3. The van der Waals surface area contributed by atoms with Crippen LogP contribution in [-0.4, -0.2) is 25.5 Å². The lowest BCUT2D eigenvalue weighted by molar-refractivity contribution is -0.120. The second-order valence-electron chi connectivity index (χ2n) is 8.20. The zero-order valence-electron chi connectivity index (χ0n) is 19.8. The smallest absolute Gasteiger partial charge is 0.282 e. The Bertz CT molecular complexity index is 1250. The summed E-state index contributed by atoms with van der Waals surface area (Å²) in [6.45, 7) is 6.51. The van der Waals surface area contributed by atoms with Gasteiger partial charge in [0.15, 0.2) is 0 Å². The van der Waals surface area contributed by atoms with Gasteiger partial charge in [-0.15, -0.1) is 0 Å². The van der Waals surface area contributed by atoms with Crippen LogP contribution < -0.4 is 19.7 Å². The van der Waals surface area contributed by atoms with Gasteiger partial charge >= 0.3 is 0 Å². The molecule has 34 heavy (non-hydrogen) atoms. The van der Waals surface area contributed by atoms with Gasteiger partial charge in [0.25, 0.3) is 11.8 Å². The summed E-state index contributed by atoms with van der Waals surface area (Å²) in [5.74, 6) is 0.466. The van der Waals surface area contributed by atoms with Gasteiger partial charge in [-0.25, -0.2) is 4.90 Å². The third-order valence-electron chi connectivity index (χ3n) is 5.71. The second kappa shape index (κ2) is 9.83. The van der Waals surface area contributed by atoms with Crippen LogP contribution >= 0.6 is 0 Å². The average molecular weight is 457 g/mol. The SMILES string of the molecule is CCOc1ccccc1N1C(=O)C(Nc2ccc(C(C)C)cc2)=C(c2ccccc2OC)C1=O. The lowest BCUT2D eigenvalue weighted by atomic mass is 10.0. The van der Waals surface area contributed by atoms with Crippen molar-refractivity contribution < 1.29 is 19.1 Å². The van der Waals surface area contributed by atoms with Crippen molar-refractivity contribution in [3.63, 3.8) is 0 Å². The van der Waals surface area contributed by atoms with Crippen molar-refractivity contribution in [3.05, 3.63) is 89.6 Å². The summed E-state index contributed by atoms with van der Waals surface area (Å²) < 4.78 is 11.2. The zero-order chi connectivity index (χ0) is 24.2. The highest BCUT2D eigenvalue weighted by molar-refractivity contribution is 6.46. The highest BCUT2D eigenvalue weighted by Crippen LogP contribution is 2.40. The number of methoxy groups -OCH3 is 1. The predicted octanol–water partition coefficient (Wildman–Crippen LogP) is 5.61. The molecule has 1 aliphatic heterocycles. The first-order chi connectivity index (χ1) is 16.5. The van der Waals surface area contributed by atoms with Crippen LogP contribution in [-0.2, 0) is 9.59 Å². The Hall–Kier alpha value is -4.06. The number of rotatable bonds is 8. The molecule has 0 spiro atoms. The summed E-state index contributed by atoms with van der Waals surface area (Å²) in [5.41, 5.74) is 3.29. The molecule has 1 heterocycles. The van der Waals surface area contributed by atoms with Crippen LogP contribution in [0.25, 0.3) is 5.57 Å². The fourth-order valence-electron chi connectivity index (χ4n) is 3.98. The second-order valence-corrected chi connectivity index (χ2v) is 8.20. The van der Waals surface area contributed by atoms with Gasteiger partial charge in [0.05, 0.1) is 25.0 Å². The van der Waals surface area contributed by atoms with E-state index >= 15 is 0 Å². The van der Waals surface area contributed by atoms with E-state index in [1.807, 2.05) is 49.4 Å². The van der Waals surface area contributed by atoms with Crippen LogP contribution in [0.5, 0.6) is 11.5 Å². The van der Waals surface area contributed by atoms with E-state index in [0.717, 1.165) is 4.90 Å². The maximum absolute atomic E-state index is 13.8. The molecule has 1 aliphatic rings. The largest absolute Gasteiger partial charge is 0.496 e. The van der Waals surface area contributed by atoms with Gasteiger partial charge in [0.1, 0.15) is 17.2 Å². The van der Waals surface area contributed by atoms with Crippen molar-refractivity contribution in [2.45, 2.75) is 26.7 Å². The Balaban J connectivity index is 1.83. The Labute approximate surface area is 199 Å². The maximum Gasteiger partial charge on any atom is 0.282 e. The van der Waals surface area contributed by atoms with E-state index in [0.29, 0.717) is 41.0 Å². The minimum absolute atomic E-state index is 0.193. The molecule has 2 amide bonds. The number of amides is 2. The van der Waals surface area contributed by atoms with E-state index in [1.165, 1.54) is 5.56 Å². The fraction of sp³-hybridized carbons (Fsp3) is 0.214. The molecule has 0 saturated heterocycles. The van der Waals surface area contributed by atoms with Gasteiger partial charge in [0, 0.05) is 11.3 Å². The molecule has 0 fully saturated rings. The molecule has 0 bridgehead atoms. The molecule has 0 aliphatic carbocycles. The highest BCUT2D eigenvalue weighted by Gasteiger charge is 2.42. The Morgan fingerprint density at radius 1 is 0.853 bits per heavy atom. The molecule has 3 aromatic carbocycles. The van der Waals surface area contributed by atoms with E-state index in [-0.39, 0.29) is 11.3 Å². The van der Waals surface area contributed by atoms with Crippen molar-refractivity contribution in [2.24, 2.45) is 0 Å². The third-order valence-corrected chi connectivity index (χ3v) is 5.71. The number of nitrogens with zero attached hydrogens (tertiary/aromatic N) is 1. The van der Waals surface area contributed by atoms with Gasteiger partial charge in [-0.05, 0) is 48.7 Å². The molecular weight excluding hydrogens is 428 g/mol. The van der Waals surface area contributed by atoms with Crippen molar-refractivity contribution >= 4 is 28.8 Å². The van der Waals surface area contributed by atoms with Crippen molar-refractivity contribution in [1.29, 1.82) is 0 Å². The Morgan fingerprint density at radius 3 is 2.15 bits per heavy atom. The maximum atomic E-state index is 13.8. The Kier molecular flexibility index (Phi) is 6.68. The molecule has 4 rings (SSSR count). The number of para-hydroxylation sites is 3. The molecule has 174 valence electrons. The first kappa shape index (κ1) is 23.1. The zero-order valence-corrected chi connectivity index (χ0v) is 19.8. The topological polar surface area (TPSA) is 67.9 Å². The van der Waals surface area contributed by atoms with E-state index in [4.69, 9.17) is 9.47 Å². The van der Waals surface area contributed by atoms with Crippen LogP contribution in [0.1, 0.15) is 37.8 Å². The minimum atomic E-state index is -0.453. The quantitative estimate of drug-likeness (QED) is 0.446. The number of carbonyl (C=O) groups excluding carboxylic acids is 2. The highest BCUT2D eigenvalue weighted by atomic mass is 16.5. The molecule has 0 saturated carbocycles. The third kappa shape index (κ3) is 4.27. The number of ether oxygens (including phenoxy) is 2. The van der Waals surface area contributed by atoms with Gasteiger partial charge in [0.2, 0.25) is 0 Å². The van der Waals surface area contributed by atoms with Gasteiger partial charge < -0.3 is 14.8 Å². The van der Waals surface area contributed by atoms with E-state index in [9.17, 15) is 9.59 Å². The number of imide groups is 1. The Morgan fingerprint density at radius 2 is 1.50 bits per heavy atom. The molecule has 3 aromatic rings. The number of carbonyl (C=O) groups is 2. The number of nitrogens with one attached hydrogen (secondary N) is 1. The molecule has 6 nitrogen and oxygen atoms in total. The lowest BCUT2D eigenvalue weighted by Crippen LogP contribution is -2.32. The van der Waals surface area contributed by atoms with Gasteiger partial charge in [-0.2, -0.15) is 0 Å². The van der Waals surface area contributed by atoms with Gasteiger partial charge in [-0.3, -0.25) is 9.59 Å². The summed E-state index contributed by atoms with van der Waals surface area (Å²) in [7, 11) is 1.54. The van der Waals surface area contributed by atoms with Crippen LogP contribution in [0, 0.1) is 0 Å². The van der Waals surface area contributed by atoms with Crippen LogP contribution in [0.2, 0.25) is 0 Å². The first-order valence-electron chi connectivity index (χ1n) is 11.3. The lowest BCUT2D eigenvalue weighted by Gasteiger charge is -2.19. The fourth-order valence-corrected chi connectivity index (χ4v) is 3.98. The summed E-state index contributed by atoms with van der Waals surface area (Å²) in [6.07, 6.45) is 0. The summed E-state index contributed by atoms with van der Waals surface area (Å²) in [6, 6.07) is 22.1. The molecular formula is C28H28N2O4. The van der Waals surface area contributed by atoms with E-state index in [1.54, 1.807) is 37.4 Å². The summed E-state index contributed by atoms with van der Waals surface area (Å²) in [5, 5.41) is 3.21. The van der Waals surface area contributed by atoms with E-state index < -0.39 is 11.8 Å². The molecule has 0 atom stereocenters. The van der Waals surface area contributed by atoms with Crippen LogP contribution in [0.15, 0.2) is 78.5 Å². The van der Waals surface area contributed by atoms with Gasteiger partial charge in [-0.1, -0.05) is 56.3 Å². The first-order valence-corrected chi connectivity index (χ1v) is 11.3.